The molecule has 1 atom stereocenters. The van der Waals surface area contributed by atoms with E-state index in [9.17, 15) is 24.3 Å². The molecule has 1 amide bonds. The van der Waals surface area contributed by atoms with Gasteiger partial charge in [0.05, 0.1) is 34.7 Å². The number of benzene rings is 1. The first-order chi connectivity index (χ1) is 16.2. The molecule has 12 heteroatoms. The number of anilines is 3. The molecular weight excluding hydrogens is 487 g/mol. The van der Waals surface area contributed by atoms with Crippen LogP contribution in [0.4, 0.5) is 17.1 Å². The number of nitrogens with one attached hydrogen (secondary N) is 3. The van der Waals surface area contributed by atoms with Crippen molar-refractivity contribution in [3.63, 3.8) is 0 Å². The van der Waals surface area contributed by atoms with E-state index in [0.717, 1.165) is 0 Å². The fourth-order valence-electron chi connectivity index (χ4n) is 3.20. The van der Waals surface area contributed by atoms with E-state index in [1.807, 2.05) is 0 Å². The number of hydrogen-bond donors (Lipinski definition) is 4. The first-order valence-electron chi connectivity index (χ1n) is 9.97. The Labute approximate surface area is 203 Å². The Morgan fingerprint density at radius 3 is 2.26 bits per heavy atom. The van der Waals surface area contributed by atoms with Crippen molar-refractivity contribution in [1.29, 1.82) is 0 Å². The van der Waals surface area contributed by atoms with Crippen molar-refractivity contribution in [2.24, 2.45) is 0 Å². The Morgan fingerprint density at radius 2 is 1.68 bits per heavy atom. The molecule has 0 aliphatic heterocycles. The summed E-state index contributed by atoms with van der Waals surface area (Å²) in [5.74, 6) is -1.65. The fourth-order valence-corrected chi connectivity index (χ4v) is 3.73. The van der Waals surface area contributed by atoms with Gasteiger partial charge in [0.25, 0.3) is 16.8 Å². The van der Waals surface area contributed by atoms with Crippen LogP contribution in [0.3, 0.4) is 0 Å². The van der Waals surface area contributed by atoms with Crippen LogP contribution in [0.25, 0.3) is 0 Å². The van der Waals surface area contributed by atoms with Gasteiger partial charge in [-0.25, -0.2) is 0 Å². The van der Waals surface area contributed by atoms with Crippen LogP contribution in [-0.2, 0) is 9.53 Å². The SMILES string of the molecule is COCCNc1c(NC(CC(=O)O)c2ccc(NC(=O)c3c(Cl)cncc3Cl)cc2)c(=O)c1=O. The first-order valence-corrected chi connectivity index (χ1v) is 10.7. The molecule has 2 aromatic carbocycles. The Morgan fingerprint density at radius 1 is 1.06 bits per heavy atom. The highest BCUT2D eigenvalue weighted by molar-refractivity contribution is 6.40. The maximum atomic E-state index is 12.5. The third-order valence-electron chi connectivity index (χ3n) is 4.87. The lowest BCUT2D eigenvalue weighted by Gasteiger charge is -2.22. The van der Waals surface area contributed by atoms with Crippen molar-refractivity contribution < 1.29 is 19.4 Å². The van der Waals surface area contributed by atoms with Gasteiger partial charge in [0.1, 0.15) is 11.4 Å². The van der Waals surface area contributed by atoms with Crippen molar-refractivity contribution in [1.82, 2.24) is 4.98 Å². The van der Waals surface area contributed by atoms with Crippen LogP contribution in [0, 0.1) is 0 Å². The third kappa shape index (κ3) is 5.71. The molecule has 0 saturated carbocycles. The van der Waals surface area contributed by atoms with Crippen LogP contribution in [0.15, 0.2) is 46.2 Å². The number of hydrogen-bond acceptors (Lipinski definition) is 8. The maximum absolute atomic E-state index is 12.5. The summed E-state index contributed by atoms with van der Waals surface area (Å²) < 4.78 is 4.91. The van der Waals surface area contributed by atoms with Crippen LogP contribution < -0.4 is 26.8 Å². The molecular formula is C22H20Cl2N4O6. The van der Waals surface area contributed by atoms with Gasteiger partial charge in [-0.15, -0.1) is 0 Å². The average Bonchev–Trinajstić information content (AvgIpc) is 2.80. The highest BCUT2D eigenvalue weighted by Gasteiger charge is 2.25. The molecule has 0 radical (unpaired) electrons. The molecule has 0 aliphatic carbocycles. The summed E-state index contributed by atoms with van der Waals surface area (Å²) in [5.41, 5.74) is -0.302. The van der Waals surface area contributed by atoms with Crippen LogP contribution >= 0.6 is 23.2 Å². The molecule has 1 heterocycles. The summed E-state index contributed by atoms with van der Waals surface area (Å²) in [7, 11) is 1.50. The van der Waals surface area contributed by atoms with E-state index in [4.69, 9.17) is 27.9 Å². The van der Waals surface area contributed by atoms with E-state index in [1.165, 1.54) is 19.5 Å². The predicted molar refractivity (Wildman–Crippen MR) is 129 cm³/mol. The van der Waals surface area contributed by atoms with E-state index < -0.39 is 28.8 Å². The van der Waals surface area contributed by atoms with Gasteiger partial charge < -0.3 is 25.8 Å². The second-order valence-corrected chi connectivity index (χ2v) is 7.99. The van der Waals surface area contributed by atoms with Gasteiger partial charge >= 0.3 is 5.97 Å². The van der Waals surface area contributed by atoms with Gasteiger partial charge in [0.2, 0.25) is 0 Å². The molecule has 34 heavy (non-hydrogen) atoms. The van der Waals surface area contributed by atoms with Gasteiger partial charge in [-0.05, 0) is 17.7 Å². The van der Waals surface area contributed by atoms with E-state index in [0.29, 0.717) is 24.4 Å². The number of methoxy groups -OCH3 is 1. The summed E-state index contributed by atoms with van der Waals surface area (Å²) in [4.78, 5) is 51.7. The largest absolute Gasteiger partial charge is 0.481 e. The number of amides is 1. The number of halogens is 2. The number of carboxylic acids is 1. The Hall–Kier alpha value is -3.47. The number of aliphatic carboxylic acids is 1. The van der Waals surface area contributed by atoms with Crippen molar-refractivity contribution >= 4 is 52.1 Å². The number of pyridine rings is 1. The molecule has 178 valence electrons. The standard InChI is InChI=1S/C22H20Cl2N4O6/c1-34-7-6-26-18-19(21(32)20(18)31)28-15(8-16(29)30)11-2-4-12(5-3-11)27-22(33)17-13(23)9-25-10-14(17)24/h2-5,9-10,15,26,28H,6-8H2,1H3,(H,27,33)(H,29,30). The van der Waals surface area contributed by atoms with Crippen molar-refractivity contribution in [3.05, 3.63) is 78.3 Å². The molecule has 1 unspecified atom stereocenters. The van der Waals surface area contributed by atoms with E-state index in [-0.39, 0.29) is 33.4 Å². The lowest BCUT2D eigenvalue weighted by atomic mass is 10.0. The normalized spacial score (nSPS) is 11.7. The Bertz CT molecular complexity index is 1250. The predicted octanol–water partition coefficient (Wildman–Crippen LogP) is 2.92. The highest BCUT2D eigenvalue weighted by Crippen LogP contribution is 2.27. The molecule has 0 saturated heterocycles. The molecule has 4 N–H and O–H groups in total. The zero-order chi connectivity index (χ0) is 24.8. The zero-order valence-corrected chi connectivity index (χ0v) is 19.4. The van der Waals surface area contributed by atoms with E-state index >= 15 is 0 Å². The van der Waals surface area contributed by atoms with Gasteiger partial charge in [0.15, 0.2) is 0 Å². The molecule has 0 spiro atoms. The molecule has 0 bridgehead atoms. The van der Waals surface area contributed by atoms with Crippen molar-refractivity contribution in [2.45, 2.75) is 12.5 Å². The topological polar surface area (TPSA) is 147 Å². The second kappa shape index (κ2) is 11.1. The van der Waals surface area contributed by atoms with Gasteiger partial charge in [-0.2, -0.15) is 0 Å². The average molecular weight is 507 g/mol. The quantitative estimate of drug-likeness (QED) is 0.227. The van der Waals surface area contributed by atoms with Crippen molar-refractivity contribution in [2.75, 3.05) is 36.2 Å². The second-order valence-electron chi connectivity index (χ2n) is 7.18. The third-order valence-corrected chi connectivity index (χ3v) is 5.44. The summed E-state index contributed by atoms with van der Waals surface area (Å²) >= 11 is 12.0. The summed E-state index contributed by atoms with van der Waals surface area (Å²) in [6.07, 6.45) is 2.24. The molecule has 3 aromatic rings. The van der Waals surface area contributed by atoms with Crippen LogP contribution in [-0.4, -0.2) is 42.2 Å². The van der Waals surface area contributed by atoms with E-state index in [2.05, 4.69) is 20.9 Å². The van der Waals surface area contributed by atoms with Crippen LogP contribution in [0.1, 0.15) is 28.4 Å². The molecule has 1 aromatic heterocycles. The summed E-state index contributed by atoms with van der Waals surface area (Å²) in [6.45, 7) is 0.624. The minimum atomic E-state index is -1.11. The van der Waals surface area contributed by atoms with Crippen LogP contribution in [0.5, 0.6) is 0 Å². The minimum absolute atomic E-state index is 0.0201. The lowest BCUT2D eigenvalue weighted by Crippen LogP contribution is -2.38. The number of aromatic nitrogens is 1. The maximum Gasteiger partial charge on any atom is 0.305 e. The molecule has 3 rings (SSSR count). The number of ether oxygens (including phenoxy) is 1. The van der Waals surface area contributed by atoms with Crippen molar-refractivity contribution in [3.8, 4) is 0 Å². The smallest absolute Gasteiger partial charge is 0.305 e. The lowest BCUT2D eigenvalue weighted by molar-refractivity contribution is -0.137. The van der Waals surface area contributed by atoms with E-state index in [1.54, 1.807) is 24.3 Å². The van der Waals surface area contributed by atoms with Gasteiger partial charge in [0, 0.05) is 31.7 Å². The monoisotopic (exact) mass is 506 g/mol. The number of carbonyl (C=O) groups is 2. The minimum Gasteiger partial charge on any atom is -0.481 e. The number of carboxylic acid groups (broad SMARTS) is 1. The fraction of sp³-hybridized carbons (Fsp3) is 0.227. The molecule has 0 fully saturated rings. The van der Waals surface area contributed by atoms with Gasteiger partial charge in [-0.1, -0.05) is 35.3 Å². The number of rotatable bonds is 11. The Balaban J connectivity index is 1.78. The highest BCUT2D eigenvalue weighted by atomic mass is 35.5. The first kappa shape index (κ1) is 25.2. The van der Waals surface area contributed by atoms with Gasteiger partial charge in [-0.3, -0.25) is 24.2 Å². The number of nitrogens with zero attached hydrogens (tertiary/aromatic N) is 1. The number of carbonyl (C=O) groups excluding carboxylic acids is 1. The molecule has 10 nitrogen and oxygen atoms in total. The van der Waals surface area contributed by atoms with Crippen LogP contribution in [0.2, 0.25) is 10.0 Å². The zero-order valence-electron chi connectivity index (χ0n) is 17.9. The Kier molecular flexibility index (Phi) is 8.21. The summed E-state index contributed by atoms with van der Waals surface area (Å²) in [6, 6.07) is 5.50. The molecule has 0 aliphatic rings. The summed E-state index contributed by atoms with van der Waals surface area (Å²) in [5, 5.41) is 17.8.